The van der Waals surface area contributed by atoms with Crippen LogP contribution in [0.25, 0.3) is 0 Å². The number of aryl methyl sites for hydroxylation is 2. The van der Waals surface area contributed by atoms with E-state index in [0.717, 1.165) is 4.68 Å². The van der Waals surface area contributed by atoms with E-state index in [2.05, 4.69) is 14.8 Å². The van der Waals surface area contributed by atoms with Crippen molar-refractivity contribution in [2.45, 2.75) is 6.92 Å². The predicted molar refractivity (Wildman–Crippen MR) is 64.5 cm³/mol. The maximum atomic E-state index is 11.9. The van der Waals surface area contributed by atoms with Crippen molar-refractivity contribution in [3.05, 3.63) is 50.0 Å². The molecule has 1 heterocycles. The molecule has 0 aliphatic rings. The molecule has 1 aromatic heterocycles. The maximum Gasteiger partial charge on any atom is 0.435 e. The first-order valence-corrected chi connectivity index (χ1v) is 5.48. The van der Waals surface area contributed by atoms with Gasteiger partial charge in [-0.15, -0.1) is 0 Å². The van der Waals surface area contributed by atoms with Crippen molar-refractivity contribution in [3.8, 4) is 0 Å². The quantitative estimate of drug-likeness (QED) is 0.265. The van der Waals surface area contributed by atoms with E-state index in [-0.39, 0.29) is 17.1 Å². The van der Waals surface area contributed by atoms with Crippen LogP contribution in [-0.2, 0) is 7.05 Å². The number of nitrogens with zero attached hydrogens (tertiary/aromatic N) is 3. The minimum absolute atomic E-state index is 0.129. The Bertz CT molecular complexity index is 758. The molecule has 0 radical (unpaired) electrons. The molecule has 0 spiro atoms. The minimum Gasteiger partial charge on any atom is -0.854 e. The second-order valence-corrected chi connectivity index (χ2v) is 4.03. The zero-order chi connectivity index (χ0) is 14.9. The number of aromatic amines is 1. The molecule has 1 aromatic carbocycles. The highest BCUT2D eigenvalue weighted by atomic mass is 16.6. The number of nitro groups is 1. The molecule has 20 heavy (non-hydrogen) atoms. The summed E-state index contributed by atoms with van der Waals surface area (Å²) < 4.78 is 5.52. The molecule has 0 bridgehead atoms. The van der Waals surface area contributed by atoms with Crippen molar-refractivity contribution >= 4 is 17.3 Å². The van der Waals surface area contributed by atoms with Crippen molar-refractivity contribution in [1.82, 2.24) is 5.27 Å². The van der Waals surface area contributed by atoms with Crippen molar-refractivity contribution in [2.24, 2.45) is 12.0 Å². The van der Waals surface area contributed by atoms with Gasteiger partial charge >= 0.3 is 11.3 Å². The van der Waals surface area contributed by atoms with Gasteiger partial charge < -0.3 is 5.11 Å². The minimum atomic E-state index is -0.857. The van der Waals surface area contributed by atoms with Crippen LogP contribution < -0.4 is 15.4 Å². The number of benzene rings is 1. The van der Waals surface area contributed by atoms with E-state index in [1.165, 1.54) is 25.2 Å². The van der Waals surface area contributed by atoms with Crippen LogP contribution >= 0.6 is 0 Å². The Kier molecular flexibility index (Phi) is 3.34. The van der Waals surface area contributed by atoms with Crippen LogP contribution in [0.5, 0.6) is 0 Å². The summed E-state index contributed by atoms with van der Waals surface area (Å²) in [5.41, 5.74) is -0.635. The Morgan fingerprint density at radius 3 is 2.75 bits per heavy atom. The summed E-state index contributed by atoms with van der Waals surface area (Å²) in [6, 6.07) is 3.95. The molecule has 0 aliphatic carbocycles. The lowest BCUT2D eigenvalue weighted by Gasteiger charge is -2.05. The number of rotatable bonds is 3. The highest BCUT2D eigenvalue weighted by Gasteiger charge is 2.18. The van der Waals surface area contributed by atoms with Gasteiger partial charge in [0.2, 0.25) is 0 Å². The van der Waals surface area contributed by atoms with Gasteiger partial charge in [-0.05, 0) is 17.8 Å². The molecule has 0 aliphatic heterocycles. The summed E-state index contributed by atoms with van der Waals surface area (Å²) in [7, 11) is 1.41. The van der Waals surface area contributed by atoms with Crippen LogP contribution in [0.3, 0.4) is 0 Å². The van der Waals surface area contributed by atoms with Gasteiger partial charge in [-0.1, -0.05) is 10.7 Å². The number of hydrogen-bond acceptors (Lipinski definition) is 6. The molecule has 0 saturated heterocycles. The van der Waals surface area contributed by atoms with Crippen LogP contribution in [-0.4, -0.2) is 16.1 Å². The molecule has 2 aromatic rings. The van der Waals surface area contributed by atoms with Crippen molar-refractivity contribution in [1.29, 1.82) is 0 Å². The monoisotopic (exact) mass is 278 g/mol. The molecule has 0 amide bonds. The van der Waals surface area contributed by atoms with Crippen LogP contribution in [0.1, 0.15) is 11.3 Å². The number of H-pyrrole nitrogens is 1. The van der Waals surface area contributed by atoms with E-state index in [0.29, 0.717) is 5.56 Å². The zero-order valence-electron chi connectivity index (χ0n) is 10.6. The first-order chi connectivity index (χ1) is 9.40. The Hall–Kier alpha value is -2.97. The third kappa shape index (κ3) is 2.41. The van der Waals surface area contributed by atoms with Gasteiger partial charge in [-0.3, -0.25) is 19.6 Å². The standard InChI is InChI=1S/C11H10N4O5/c1-6-3-4-7(15(18)19)5-8(6)12-10(16)9-11(17)20-13-14(9)2/h3-5H,1-2H3,(H-,12,13,16,17). The fourth-order valence-corrected chi connectivity index (χ4v) is 1.57. The number of hydrogen-bond donors (Lipinski definition) is 1. The molecule has 0 fully saturated rings. The third-order valence-electron chi connectivity index (χ3n) is 2.63. The lowest BCUT2D eigenvalue weighted by molar-refractivity contribution is -0.742. The average Bonchev–Trinajstić information content (AvgIpc) is 2.71. The highest BCUT2D eigenvalue weighted by molar-refractivity contribution is 5.89. The van der Waals surface area contributed by atoms with Crippen molar-refractivity contribution in [2.75, 3.05) is 0 Å². The van der Waals surface area contributed by atoms with Gasteiger partial charge in [-0.25, -0.2) is 4.79 Å². The van der Waals surface area contributed by atoms with Gasteiger partial charge in [0.15, 0.2) is 7.05 Å². The zero-order valence-corrected chi connectivity index (χ0v) is 10.6. The molecule has 2 rings (SSSR count). The molecule has 0 unspecified atom stereocenters. The van der Waals surface area contributed by atoms with E-state index < -0.39 is 16.4 Å². The topological polar surface area (TPSA) is 128 Å². The summed E-state index contributed by atoms with van der Waals surface area (Å²) in [6.45, 7) is 1.65. The summed E-state index contributed by atoms with van der Waals surface area (Å²) >= 11 is 0. The molecule has 104 valence electrons. The van der Waals surface area contributed by atoms with Gasteiger partial charge in [0.1, 0.15) is 0 Å². The van der Waals surface area contributed by atoms with Gasteiger partial charge in [0.25, 0.3) is 5.69 Å². The molecule has 0 saturated carbocycles. The van der Waals surface area contributed by atoms with Crippen molar-refractivity contribution in [3.63, 3.8) is 0 Å². The fraction of sp³-hybridized carbons (Fsp3) is 0.182. The molecular weight excluding hydrogens is 268 g/mol. The number of nitro benzene ring substituents is 1. The normalized spacial score (nSPS) is 11.6. The number of non-ortho nitro benzene ring substituents is 1. The Labute approximate surface area is 111 Å². The Balaban J connectivity index is 2.52. The summed E-state index contributed by atoms with van der Waals surface area (Å²) in [4.78, 5) is 25.1. The van der Waals surface area contributed by atoms with E-state index in [1.54, 1.807) is 6.92 Å². The average molecular weight is 278 g/mol. The summed E-state index contributed by atoms with van der Waals surface area (Å²) in [5, 5.41) is 24.8. The number of nitrogens with one attached hydrogen (secondary N) is 1. The maximum absolute atomic E-state index is 11.9. The van der Waals surface area contributed by atoms with E-state index in [9.17, 15) is 20.0 Å². The fourth-order valence-electron chi connectivity index (χ4n) is 1.57. The van der Waals surface area contributed by atoms with Crippen LogP contribution in [0.15, 0.2) is 32.5 Å². The summed E-state index contributed by atoms with van der Waals surface area (Å²) in [6.07, 6.45) is 0. The lowest BCUT2D eigenvalue weighted by atomic mass is 10.2. The van der Waals surface area contributed by atoms with Gasteiger partial charge in [-0.2, -0.15) is 0 Å². The molecule has 9 heteroatoms. The first kappa shape index (κ1) is 13.5. The number of aromatic nitrogens is 2. The molecule has 1 N–H and O–H groups in total. The first-order valence-electron chi connectivity index (χ1n) is 5.48. The highest BCUT2D eigenvalue weighted by Crippen LogP contribution is 2.24. The summed E-state index contributed by atoms with van der Waals surface area (Å²) in [5.74, 6) is -0.842. The molecule has 9 nitrogen and oxygen atoms in total. The second kappa shape index (κ2) is 4.96. The lowest BCUT2D eigenvalue weighted by Crippen LogP contribution is -2.43. The predicted octanol–water partition coefficient (Wildman–Crippen LogP) is -0.552. The van der Waals surface area contributed by atoms with E-state index in [1.807, 2.05) is 0 Å². The van der Waals surface area contributed by atoms with Crippen LogP contribution in [0, 0.1) is 17.0 Å². The number of aliphatic imine (C=N–C) groups is 1. The third-order valence-corrected chi connectivity index (χ3v) is 2.63. The van der Waals surface area contributed by atoms with Crippen molar-refractivity contribution < 1.29 is 19.2 Å². The van der Waals surface area contributed by atoms with Gasteiger partial charge in [0, 0.05) is 12.1 Å². The van der Waals surface area contributed by atoms with Crippen LogP contribution in [0.4, 0.5) is 11.4 Å². The largest absolute Gasteiger partial charge is 0.854 e. The smallest absolute Gasteiger partial charge is 0.435 e. The SMILES string of the molecule is Cc1ccc([N+](=O)[O-])cc1N=C([O-])c1c(=O)o[nH][n+]1C. The van der Waals surface area contributed by atoms with E-state index >= 15 is 0 Å². The molecular formula is C11H10N4O5. The van der Waals surface area contributed by atoms with Gasteiger partial charge in [0.05, 0.1) is 16.5 Å². The Morgan fingerprint density at radius 2 is 2.20 bits per heavy atom. The second-order valence-electron chi connectivity index (χ2n) is 4.03. The Morgan fingerprint density at radius 1 is 1.50 bits per heavy atom. The van der Waals surface area contributed by atoms with Crippen LogP contribution in [0.2, 0.25) is 0 Å². The van der Waals surface area contributed by atoms with E-state index in [4.69, 9.17) is 0 Å². The molecule has 0 atom stereocenters.